The summed E-state index contributed by atoms with van der Waals surface area (Å²) in [6.07, 6.45) is -8.85. The molecule has 0 bridgehead atoms. The molecule has 2 unspecified atom stereocenters. The minimum absolute atomic E-state index is 1.08. The largest absolute Gasteiger partial charge is 0.387 e. The lowest BCUT2D eigenvalue weighted by Crippen LogP contribution is -2.61. The van der Waals surface area contributed by atoms with Crippen molar-refractivity contribution >= 4 is 5.78 Å². The van der Waals surface area contributed by atoms with Gasteiger partial charge in [0.05, 0.1) is 0 Å². The first-order chi connectivity index (χ1) is 5.46. The molecular weight excluding hydrogens is 168 g/mol. The van der Waals surface area contributed by atoms with E-state index < -0.39 is 36.3 Å². The lowest BCUT2D eigenvalue weighted by molar-refractivity contribution is -0.185. The maximum atomic E-state index is 10.8. The second kappa shape index (κ2) is 3.08. The predicted molar refractivity (Wildman–Crippen MR) is 35.0 cm³/mol. The molecule has 0 aromatic rings. The van der Waals surface area contributed by atoms with Crippen LogP contribution >= 0.6 is 0 Å². The molecule has 1 aliphatic rings. The van der Waals surface area contributed by atoms with Crippen molar-refractivity contribution in [2.75, 3.05) is 0 Å². The van der Waals surface area contributed by atoms with Gasteiger partial charge in [0.15, 0.2) is 5.78 Å². The number of carbonyl (C=O) groups is 1. The summed E-state index contributed by atoms with van der Waals surface area (Å²) >= 11 is 0. The maximum absolute atomic E-state index is 10.8. The Morgan fingerprint density at radius 3 is 1.42 bits per heavy atom. The number of aliphatic hydroxyl groups excluding tert-OH is 5. The molecule has 6 heteroatoms. The van der Waals surface area contributed by atoms with Gasteiger partial charge in [-0.15, -0.1) is 0 Å². The molecular formula is C6H10O6. The Kier molecular flexibility index (Phi) is 2.45. The summed E-state index contributed by atoms with van der Waals surface area (Å²) in [7, 11) is 0. The van der Waals surface area contributed by atoms with E-state index in [2.05, 4.69) is 0 Å². The standard InChI is InChI=1S/C6H10O6/c7-1-2(8)4(10)6(12)5(11)3(1)9/h1-5,7-11H/t1?,2-,3-,4-,5?/m0/s1. The van der Waals surface area contributed by atoms with E-state index >= 15 is 0 Å². The fourth-order valence-electron chi connectivity index (χ4n) is 1.09. The van der Waals surface area contributed by atoms with Gasteiger partial charge in [0, 0.05) is 0 Å². The quantitative estimate of drug-likeness (QED) is 0.261. The number of Topliss-reactive ketones (excluding diaryl/α,β-unsaturated/α-hetero) is 1. The van der Waals surface area contributed by atoms with Crippen LogP contribution in [0.2, 0.25) is 0 Å². The van der Waals surface area contributed by atoms with Gasteiger partial charge in [0.2, 0.25) is 0 Å². The van der Waals surface area contributed by atoms with Crippen LogP contribution in [0.3, 0.4) is 0 Å². The molecule has 0 saturated heterocycles. The highest BCUT2D eigenvalue weighted by molar-refractivity contribution is 5.89. The zero-order chi connectivity index (χ0) is 9.46. The number of carbonyl (C=O) groups excluding carboxylic acids is 1. The fraction of sp³-hybridized carbons (Fsp3) is 0.833. The van der Waals surface area contributed by atoms with Crippen LogP contribution in [0.4, 0.5) is 0 Å². The zero-order valence-electron chi connectivity index (χ0n) is 6.03. The summed E-state index contributed by atoms with van der Waals surface area (Å²) in [4.78, 5) is 10.8. The number of aliphatic hydroxyl groups is 5. The number of hydrogen-bond donors (Lipinski definition) is 5. The van der Waals surface area contributed by atoms with Gasteiger partial charge in [-0.25, -0.2) is 0 Å². The smallest absolute Gasteiger partial charge is 0.195 e. The van der Waals surface area contributed by atoms with Gasteiger partial charge >= 0.3 is 0 Å². The molecule has 0 spiro atoms. The summed E-state index contributed by atoms with van der Waals surface area (Å²) in [5.41, 5.74) is 0. The van der Waals surface area contributed by atoms with Crippen LogP contribution in [-0.2, 0) is 4.79 Å². The minimum Gasteiger partial charge on any atom is -0.387 e. The molecule has 12 heavy (non-hydrogen) atoms. The second-order valence-corrected chi connectivity index (χ2v) is 2.76. The highest BCUT2D eigenvalue weighted by atomic mass is 16.4. The monoisotopic (exact) mass is 178 g/mol. The van der Waals surface area contributed by atoms with Gasteiger partial charge in [-0.05, 0) is 0 Å². The molecule has 6 nitrogen and oxygen atoms in total. The van der Waals surface area contributed by atoms with Crippen molar-refractivity contribution in [2.45, 2.75) is 30.5 Å². The average molecular weight is 178 g/mol. The minimum atomic E-state index is -1.83. The van der Waals surface area contributed by atoms with Crippen LogP contribution in [0, 0.1) is 0 Å². The topological polar surface area (TPSA) is 118 Å². The van der Waals surface area contributed by atoms with Gasteiger partial charge in [-0.1, -0.05) is 0 Å². The van der Waals surface area contributed by atoms with Crippen molar-refractivity contribution in [1.29, 1.82) is 0 Å². The van der Waals surface area contributed by atoms with E-state index in [1.54, 1.807) is 0 Å². The first-order valence-electron chi connectivity index (χ1n) is 3.41. The summed E-state index contributed by atoms with van der Waals surface area (Å²) in [5, 5.41) is 44.5. The third kappa shape index (κ3) is 1.23. The third-order valence-corrected chi connectivity index (χ3v) is 1.93. The summed E-state index contributed by atoms with van der Waals surface area (Å²) < 4.78 is 0. The average Bonchev–Trinajstić information content (AvgIpc) is 2.08. The van der Waals surface area contributed by atoms with E-state index in [9.17, 15) is 4.79 Å². The molecule has 1 fully saturated rings. The number of hydrogen-bond acceptors (Lipinski definition) is 6. The highest BCUT2D eigenvalue weighted by Gasteiger charge is 2.47. The highest BCUT2D eigenvalue weighted by Crippen LogP contribution is 2.17. The molecule has 0 radical (unpaired) electrons. The Morgan fingerprint density at radius 2 is 1.08 bits per heavy atom. The summed E-state index contributed by atoms with van der Waals surface area (Å²) in [6, 6.07) is 0. The molecule has 5 N–H and O–H groups in total. The summed E-state index contributed by atoms with van der Waals surface area (Å²) in [5.74, 6) is -1.08. The van der Waals surface area contributed by atoms with Crippen LogP contribution in [0.1, 0.15) is 0 Å². The normalized spacial score (nSPS) is 49.4. The maximum Gasteiger partial charge on any atom is 0.195 e. The molecule has 1 aliphatic carbocycles. The lowest BCUT2D eigenvalue weighted by atomic mass is 9.86. The van der Waals surface area contributed by atoms with E-state index in [0.717, 1.165) is 0 Å². The lowest BCUT2D eigenvalue weighted by Gasteiger charge is -2.34. The predicted octanol–water partition coefficient (Wildman–Crippen LogP) is -3.63. The summed E-state index contributed by atoms with van der Waals surface area (Å²) in [6.45, 7) is 0. The Labute approximate surface area is 67.7 Å². The molecule has 0 amide bonds. The first-order valence-corrected chi connectivity index (χ1v) is 3.41. The molecule has 1 saturated carbocycles. The van der Waals surface area contributed by atoms with E-state index in [1.165, 1.54) is 0 Å². The van der Waals surface area contributed by atoms with Crippen LogP contribution < -0.4 is 0 Å². The first kappa shape index (κ1) is 9.56. The van der Waals surface area contributed by atoms with Gasteiger partial charge in [0.1, 0.15) is 30.5 Å². The number of rotatable bonds is 0. The Balaban J connectivity index is 2.83. The molecule has 1 rings (SSSR count). The van der Waals surface area contributed by atoms with Gasteiger partial charge in [-0.2, -0.15) is 0 Å². The SMILES string of the molecule is O=C1C(O)[C@@H](O)C(O)[C@H](O)[C@@H]1O. The molecule has 0 aromatic carbocycles. The molecule has 0 aromatic heterocycles. The number of ketones is 1. The van der Waals surface area contributed by atoms with Crippen molar-refractivity contribution in [2.24, 2.45) is 0 Å². The fourth-order valence-corrected chi connectivity index (χ4v) is 1.09. The van der Waals surface area contributed by atoms with E-state index in [4.69, 9.17) is 25.5 Å². The molecule has 5 atom stereocenters. The van der Waals surface area contributed by atoms with Crippen molar-refractivity contribution in [3.8, 4) is 0 Å². The van der Waals surface area contributed by atoms with Gasteiger partial charge in [0.25, 0.3) is 0 Å². The van der Waals surface area contributed by atoms with Crippen molar-refractivity contribution in [3.63, 3.8) is 0 Å². The van der Waals surface area contributed by atoms with E-state index in [1.807, 2.05) is 0 Å². The van der Waals surface area contributed by atoms with Crippen LogP contribution in [0.25, 0.3) is 0 Å². The zero-order valence-corrected chi connectivity index (χ0v) is 6.03. The van der Waals surface area contributed by atoms with Crippen molar-refractivity contribution < 1.29 is 30.3 Å². The van der Waals surface area contributed by atoms with E-state index in [-0.39, 0.29) is 0 Å². The Hall–Kier alpha value is -0.530. The van der Waals surface area contributed by atoms with Crippen molar-refractivity contribution in [3.05, 3.63) is 0 Å². The molecule has 70 valence electrons. The van der Waals surface area contributed by atoms with E-state index in [0.29, 0.717) is 0 Å². The Bertz CT molecular complexity index is 174. The van der Waals surface area contributed by atoms with Crippen LogP contribution in [0.5, 0.6) is 0 Å². The third-order valence-electron chi connectivity index (χ3n) is 1.93. The van der Waals surface area contributed by atoms with Gasteiger partial charge < -0.3 is 25.5 Å². The van der Waals surface area contributed by atoms with Crippen molar-refractivity contribution in [1.82, 2.24) is 0 Å². The van der Waals surface area contributed by atoms with Crippen LogP contribution in [0.15, 0.2) is 0 Å². The molecule has 0 aliphatic heterocycles. The van der Waals surface area contributed by atoms with Gasteiger partial charge in [-0.3, -0.25) is 4.79 Å². The second-order valence-electron chi connectivity index (χ2n) is 2.76. The Morgan fingerprint density at radius 1 is 0.750 bits per heavy atom. The van der Waals surface area contributed by atoms with Crippen LogP contribution in [-0.4, -0.2) is 61.8 Å². The molecule has 0 heterocycles.